The lowest BCUT2D eigenvalue weighted by atomic mass is 10.0. The molecule has 0 aliphatic heterocycles. The Hall–Kier alpha value is -4.45. The lowest BCUT2D eigenvalue weighted by Crippen LogP contribution is -2.53. The van der Waals surface area contributed by atoms with Gasteiger partial charge in [-0.1, -0.05) is 65.7 Å². The van der Waals surface area contributed by atoms with Gasteiger partial charge in [-0.2, -0.15) is 0 Å². The third kappa shape index (κ3) is 8.71. The highest BCUT2D eigenvalue weighted by Crippen LogP contribution is 2.37. The van der Waals surface area contributed by atoms with Gasteiger partial charge in [-0.25, -0.2) is 8.42 Å². The number of methoxy groups -OCH3 is 3. The predicted molar refractivity (Wildman–Crippen MR) is 187 cm³/mol. The van der Waals surface area contributed by atoms with Crippen LogP contribution in [0.4, 0.5) is 5.69 Å². The number of carbonyl (C=O) groups excluding carboxylic acids is 2. The van der Waals surface area contributed by atoms with Crippen molar-refractivity contribution in [2.75, 3.05) is 38.7 Å². The molecule has 2 amide bonds. The number of anilines is 1. The van der Waals surface area contributed by atoms with Gasteiger partial charge < -0.3 is 24.4 Å². The van der Waals surface area contributed by atoms with Crippen molar-refractivity contribution in [3.8, 4) is 17.2 Å². The molecule has 10 nitrogen and oxygen atoms in total. The second kappa shape index (κ2) is 16.6. The maximum absolute atomic E-state index is 14.6. The van der Waals surface area contributed by atoms with Gasteiger partial charge >= 0.3 is 0 Å². The number of ether oxygens (including phenoxy) is 3. The molecule has 0 aliphatic carbocycles. The molecule has 0 heterocycles. The third-order valence-corrected chi connectivity index (χ3v) is 9.72. The highest BCUT2D eigenvalue weighted by atomic mass is 35.5. The van der Waals surface area contributed by atoms with E-state index >= 15 is 0 Å². The Balaban J connectivity index is 1.88. The van der Waals surface area contributed by atoms with Crippen molar-refractivity contribution < 1.29 is 32.2 Å². The molecule has 0 radical (unpaired) electrons. The molecule has 0 unspecified atom stereocenters. The minimum absolute atomic E-state index is 0.0217. The predicted octanol–water partition coefficient (Wildman–Crippen LogP) is 5.99. The van der Waals surface area contributed by atoms with E-state index in [1.165, 1.54) is 56.6 Å². The van der Waals surface area contributed by atoms with Crippen molar-refractivity contribution in [3.63, 3.8) is 0 Å². The van der Waals surface area contributed by atoms with Crippen LogP contribution < -0.4 is 23.8 Å². The highest BCUT2D eigenvalue weighted by molar-refractivity contribution is 7.92. The van der Waals surface area contributed by atoms with Crippen molar-refractivity contribution in [2.45, 2.75) is 30.8 Å². The van der Waals surface area contributed by atoms with E-state index in [0.29, 0.717) is 22.9 Å². The maximum Gasteiger partial charge on any atom is 0.265 e. The SMILES string of the molecule is CCNC(=O)[C@H](Cc1ccccc1)N(Cc1cccc(Cl)c1)C(=O)CN(c1cc(Cl)ccc1OC)S(=O)(=O)c1ccc(OC)c(OC)c1. The summed E-state index contributed by atoms with van der Waals surface area (Å²) in [6.45, 7) is 1.36. The maximum atomic E-state index is 14.6. The zero-order valence-electron chi connectivity index (χ0n) is 27.0. The van der Waals surface area contributed by atoms with Crippen LogP contribution in [0.1, 0.15) is 18.1 Å². The molecule has 0 aromatic heterocycles. The number of halogens is 2. The number of likely N-dealkylation sites (N-methyl/N-ethyl adjacent to an activating group) is 1. The molecule has 0 aliphatic rings. The first-order valence-corrected chi connectivity index (χ1v) is 17.2. The van der Waals surface area contributed by atoms with E-state index in [9.17, 15) is 18.0 Å². The minimum Gasteiger partial charge on any atom is -0.495 e. The molecular weight excluding hydrogens is 677 g/mol. The van der Waals surface area contributed by atoms with Crippen LogP contribution in [0.25, 0.3) is 0 Å². The number of sulfonamides is 1. The van der Waals surface area contributed by atoms with Crippen molar-refractivity contribution in [3.05, 3.63) is 112 Å². The van der Waals surface area contributed by atoms with Crippen LogP contribution >= 0.6 is 23.2 Å². The number of amides is 2. The van der Waals surface area contributed by atoms with Gasteiger partial charge in [0.05, 0.1) is 31.9 Å². The second-order valence-corrected chi connectivity index (χ2v) is 13.3. The lowest BCUT2D eigenvalue weighted by molar-refractivity contribution is -0.140. The Morgan fingerprint density at radius 1 is 0.771 bits per heavy atom. The van der Waals surface area contributed by atoms with Gasteiger partial charge in [0.1, 0.15) is 18.3 Å². The molecule has 13 heteroatoms. The van der Waals surface area contributed by atoms with Crippen molar-refractivity contribution in [1.29, 1.82) is 0 Å². The Kier molecular flexibility index (Phi) is 12.6. The second-order valence-electron chi connectivity index (χ2n) is 10.6. The first kappa shape index (κ1) is 36.4. The van der Waals surface area contributed by atoms with Gasteiger partial charge in [-0.3, -0.25) is 13.9 Å². The average molecular weight is 715 g/mol. The Labute approximate surface area is 291 Å². The molecule has 0 spiro atoms. The van der Waals surface area contributed by atoms with Gasteiger partial charge in [0.2, 0.25) is 11.8 Å². The lowest BCUT2D eigenvalue weighted by Gasteiger charge is -2.34. The van der Waals surface area contributed by atoms with E-state index in [1.54, 1.807) is 37.3 Å². The number of carbonyl (C=O) groups is 2. The number of nitrogens with zero attached hydrogens (tertiary/aromatic N) is 2. The minimum atomic E-state index is -4.49. The van der Waals surface area contributed by atoms with Crippen molar-refractivity contribution in [1.82, 2.24) is 10.2 Å². The third-order valence-electron chi connectivity index (χ3n) is 7.50. The van der Waals surface area contributed by atoms with Crippen LogP contribution in [0.5, 0.6) is 17.2 Å². The molecule has 0 saturated heterocycles. The smallest absolute Gasteiger partial charge is 0.265 e. The molecule has 4 aromatic rings. The van der Waals surface area contributed by atoms with Crippen LogP contribution in [0.15, 0.2) is 95.9 Å². The van der Waals surface area contributed by atoms with Gasteiger partial charge in [-0.05, 0) is 60.5 Å². The van der Waals surface area contributed by atoms with Crippen LogP contribution in [-0.4, -0.2) is 65.6 Å². The molecule has 1 N–H and O–H groups in total. The summed E-state index contributed by atoms with van der Waals surface area (Å²) in [5, 5.41) is 3.49. The average Bonchev–Trinajstić information content (AvgIpc) is 3.08. The molecule has 4 rings (SSSR count). The zero-order valence-corrected chi connectivity index (χ0v) is 29.3. The van der Waals surface area contributed by atoms with Gasteiger partial charge in [0, 0.05) is 35.6 Å². The first-order valence-electron chi connectivity index (χ1n) is 15.0. The summed E-state index contributed by atoms with van der Waals surface area (Å²) in [7, 11) is -0.293. The van der Waals surface area contributed by atoms with E-state index < -0.39 is 34.4 Å². The molecular formula is C35H37Cl2N3O7S. The quantitative estimate of drug-likeness (QED) is 0.161. The number of benzene rings is 4. The number of hydrogen-bond donors (Lipinski definition) is 1. The first-order chi connectivity index (χ1) is 23.0. The Morgan fingerprint density at radius 2 is 1.42 bits per heavy atom. The van der Waals surface area contributed by atoms with Crippen LogP contribution in [0, 0.1) is 0 Å². The summed E-state index contributed by atoms with van der Waals surface area (Å²) in [5.74, 6) is -0.413. The molecule has 48 heavy (non-hydrogen) atoms. The van der Waals surface area contributed by atoms with Crippen LogP contribution in [0.3, 0.4) is 0 Å². The van der Waals surface area contributed by atoms with E-state index in [1.807, 2.05) is 30.3 Å². The molecule has 0 bridgehead atoms. The zero-order chi connectivity index (χ0) is 34.8. The highest BCUT2D eigenvalue weighted by Gasteiger charge is 2.36. The summed E-state index contributed by atoms with van der Waals surface area (Å²) >= 11 is 12.7. The van der Waals surface area contributed by atoms with Crippen LogP contribution in [0.2, 0.25) is 10.0 Å². The number of nitrogens with one attached hydrogen (secondary N) is 1. The molecule has 0 fully saturated rings. The molecule has 1 atom stereocenters. The summed E-state index contributed by atoms with van der Waals surface area (Å²) in [4.78, 5) is 29.5. The normalized spacial score (nSPS) is 11.7. The van der Waals surface area contributed by atoms with Gasteiger partial charge in [0.25, 0.3) is 10.0 Å². The number of rotatable bonds is 15. The van der Waals surface area contributed by atoms with E-state index in [4.69, 9.17) is 37.4 Å². The Morgan fingerprint density at radius 3 is 2.06 bits per heavy atom. The summed E-state index contributed by atoms with van der Waals surface area (Å²) in [6.07, 6.45) is 0.169. The fourth-order valence-corrected chi connectivity index (χ4v) is 6.97. The summed E-state index contributed by atoms with van der Waals surface area (Å²) in [5.41, 5.74) is 1.48. The van der Waals surface area contributed by atoms with E-state index in [2.05, 4.69) is 5.32 Å². The monoisotopic (exact) mass is 713 g/mol. The summed E-state index contributed by atoms with van der Waals surface area (Å²) in [6, 6.07) is 23.7. The fraction of sp³-hybridized carbons (Fsp3) is 0.257. The van der Waals surface area contributed by atoms with Crippen LogP contribution in [-0.2, 0) is 32.6 Å². The largest absolute Gasteiger partial charge is 0.495 e. The molecule has 0 saturated carbocycles. The van der Waals surface area contributed by atoms with E-state index in [0.717, 1.165) is 9.87 Å². The molecule has 254 valence electrons. The van der Waals surface area contributed by atoms with Crippen molar-refractivity contribution in [2.24, 2.45) is 0 Å². The Bertz CT molecular complexity index is 1840. The number of hydrogen-bond acceptors (Lipinski definition) is 7. The molecule has 4 aromatic carbocycles. The summed E-state index contributed by atoms with van der Waals surface area (Å²) < 4.78 is 46.1. The van der Waals surface area contributed by atoms with Gasteiger partial charge in [0.15, 0.2) is 11.5 Å². The fourth-order valence-electron chi connectivity index (χ4n) is 5.15. The topological polar surface area (TPSA) is 114 Å². The van der Waals surface area contributed by atoms with Gasteiger partial charge in [-0.15, -0.1) is 0 Å². The van der Waals surface area contributed by atoms with Crippen molar-refractivity contribution >= 4 is 50.7 Å². The standard InChI is InChI=1S/C35H37Cl2N3O7S/c1-5-38-35(42)30(19-24-10-7-6-8-11-24)39(22-25-12-9-13-26(36)18-25)34(41)23-40(29-20-27(37)14-16-31(29)45-2)48(43,44)28-15-17-32(46-3)33(21-28)47-4/h6-18,20-21,30H,5,19,22-23H2,1-4H3,(H,38,42)/t30-/m0/s1. The van der Waals surface area contributed by atoms with E-state index in [-0.39, 0.29) is 40.1 Å².